The molecule has 1 heterocycles. The average molecular weight is 437 g/mol. The minimum atomic E-state index is -0.746. The van der Waals surface area contributed by atoms with Crippen LogP contribution in [0.2, 0.25) is 0 Å². The van der Waals surface area contributed by atoms with E-state index in [9.17, 15) is 19.6 Å². The molecule has 3 aromatic rings. The number of nitriles is 1. The SMILES string of the molecule is CCC1(c2ccc(NC(=O)c3ccccc3-c3ccccc3C#N)cc2)CCC(=O)NC1=O. The molecule has 0 spiro atoms. The highest BCUT2D eigenvalue weighted by Gasteiger charge is 2.42. The van der Waals surface area contributed by atoms with Crippen molar-refractivity contribution < 1.29 is 14.4 Å². The first-order valence-corrected chi connectivity index (χ1v) is 10.8. The number of nitrogens with zero attached hydrogens (tertiary/aromatic N) is 1. The number of hydrogen-bond donors (Lipinski definition) is 2. The Kier molecular flexibility index (Phi) is 6.05. The molecule has 1 aliphatic heterocycles. The standard InChI is InChI=1S/C27H23N3O3/c1-2-27(16-15-24(31)30-26(27)33)19-11-13-20(14-12-19)29-25(32)23-10-6-5-9-22(23)21-8-4-3-7-18(21)17-28/h3-14H,2,15-16H2,1H3,(H,29,32)(H,30,31,33). The Morgan fingerprint density at radius 3 is 2.33 bits per heavy atom. The summed E-state index contributed by atoms with van der Waals surface area (Å²) in [4.78, 5) is 37.3. The van der Waals surface area contributed by atoms with Gasteiger partial charge in [-0.1, -0.05) is 55.5 Å². The van der Waals surface area contributed by atoms with Gasteiger partial charge in [0, 0.05) is 23.2 Å². The molecule has 1 unspecified atom stereocenters. The van der Waals surface area contributed by atoms with Crippen molar-refractivity contribution in [2.24, 2.45) is 0 Å². The van der Waals surface area contributed by atoms with Crippen molar-refractivity contribution in [3.8, 4) is 17.2 Å². The van der Waals surface area contributed by atoms with E-state index in [-0.39, 0.29) is 17.7 Å². The smallest absolute Gasteiger partial charge is 0.256 e. The monoisotopic (exact) mass is 437 g/mol. The number of carbonyl (C=O) groups excluding carboxylic acids is 3. The van der Waals surface area contributed by atoms with E-state index in [0.717, 1.165) is 5.56 Å². The van der Waals surface area contributed by atoms with Crippen molar-refractivity contribution >= 4 is 23.4 Å². The van der Waals surface area contributed by atoms with Crippen LogP contribution in [-0.2, 0) is 15.0 Å². The van der Waals surface area contributed by atoms with Crippen molar-refractivity contribution in [1.29, 1.82) is 5.26 Å². The summed E-state index contributed by atoms with van der Waals surface area (Å²) in [6.45, 7) is 1.93. The topological polar surface area (TPSA) is 99.1 Å². The molecule has 1 aliphatic rings. The Balaban J connectivity index is 1.59. The second kappa shape index (κ2) is 9.09. The van der Waals surface area contributed by atoms with Crippen LogP contribution in [0.3, 0.4) is 0 Å². The van der Waals surface area contributed by atoms with Gasteiger partial charge in [-0.2, -0.15) is 5.26 Å². The summed E-state index contributed by atoms with van der Waals surface area (Å²) >= 11 is 0. The van der Waals surface area contributed by atoms with Gasteiger partial charge in [0.2, 0.25) is 11.8 Å². The second-order valence-electron chi connectivity index (χ2n) is 8.05. The van der Waals surface area contributed by atoms with Crippen molar-refractivity contribution in [1.82, 2.24) is 5.32 Å². The van der Waals surface area contributed by atoms with Crippen LogP contribution in [0.25, 0.3) is 11.1 Å². The van der Waals surface area contributed by atoms with Crippen LogP contribution in [0.1, 0.15) is 47.7 Å². The van der Waals surface area contributed by atoms with Gasteiger partial charge in [0.05, 0.1) is 17.0 Å². The van der Waals surface area contributed by atoms with Gasteiger partial charge in [0.25, 0.3) is 5.91 Å². The molecular formula is C27H23N3O3. The maximum atomic E-state index is 13.1. The fraction of sp³-hybridized carbons (Fsp3) is 0.185. The number of hydrogen-bond acceptors (Lipinski definition) is 4. The van der Waals surface area contributed by atoms with E-state index in [0.29, 0.717) is 47.2 Å². The fourth-order valence-electron chi connectivity index (χ4n) is 4.37. The van der Waals surface area contributed by atoms with E-state index in [1.165, 1.54) is 0 Å². The molecule has 0 aliphatic carbocycles. The van der Waals surface area contributed by atoms with E-state index in [2.05, 4.69) is 16.7 Å². The molecule has 0 bridgehead atoms. The molecule has 6 nitrogen and oxygen atoms in total. The van der Waals surface area contributed by atoms with Crippen LogP contribution >= 0.6 is 0 Å². The Morgan fingerprint density at radius 1 is 1.00 bits per heavy atom. The zero-order valence-electron chi connectivity index (χ0n) is 18.2. The molecule has 0 radical (unpaired) electrons. The summed E-state index contributed by atoms with van der Waals surface area (Å²) in [6.07, 6.45) is 1.34. The number of anilines is 1. The van der Waals surface area contributed by atoms with Crippen molar-refractivity contribution in [2.75, 3.05) is 5.32 Å². The lowest BCUT2D eigenvalue weighted by atomic mass is 9.72. The third kappa shape index (κ3) is 4.13. The number of benzene rings is 3. The highest BCUT2D eigenvalue weighted by molar-refractivity contribution is 6.09. The lowest BCUT2D eigenvalue weighted by molar-refractivity contribution is -0.138. The van der Waals surface area contributed by atoms with E-state index < -0.39 is 5.41 Å². The van der Waals surface area contributed by atoms with E-state index in [4.69, 9.17) is 0 Å². The molecule has 164 valence electrons. The molecule has 6 heteroatoms. The zero-order chi connectivity index (χ0) is 23.4. The van der Waals surface area contributed by atoms with E-state index in [1.807, 2.05) is 43.3 Å². The third-order valence-corrected chi connectivity index (χ3v) is 6.27. The molecule has 33 heavy (non-hydrogen) atoms. The normalized spacial score (nSPS) is 17.7. The summed E-state index contributed by atoms with van der Waals surface area (Å²) in [6, 6.07) is 23.7. The molecule has 3 aromatic carbocycles. The van der Waals surface area contributed by atoms with Crippen LogP contribution in [0.15, 0.2) is 72.8 Å². The van der Waals surface area contributed by atoms with Gasteiger partial charge in [0.1, 0.15) is 0 Å². The number of piperidine rings is 1. The number of nitrogens with one attached hydrogen (secondary N) is 2. The van der Waals surface area contributed by atoms with E-state index in [1.54, 1.807) is 36.4 Å². The van der Waals surface area contributed by atoms with Gasteiger partial charge in [-0.05, 0) is 48.2 Å². The summed E-state index contributed by atoms with van der Waals surface area (Å²) in [7, 11) is 0. The number of rotatable bonds is 5. The maximum Gasteiger partial charge on any atom is 0.256 e. The maximum absolute atomic E-state index is 13.1. The molecule has 0 saturated carbocycles. The molecule has 1 atom stereocenters. The highest BCUT2D eigenvalue weighted by Crippen LogP contribution is 2.36. The van der Waals surface area contributed by atoms with Crippen LogP contribution in [0.4, 0.5) is 5.69 Å². The van der Waals surface area contributed by atoms with Gasteiger partial charge in [-0.25, -0.2) is 0 Å². The Bertz CT molecular complexity index is 1270. The lowest BCUT2D eigenvalue weighted by Gasteiger charge is -2.35. The van der Waals surface area contributed by atoms with Gasteiger partial charge in [0.15, 0.2) is 0 Å². The molecule has 3 amide bonds. The van der Waals surface area contributed by atoms with Gasteiger partial charge >= 0.3 is 0 Å². The first kappa shape index (κ1) is 22.0. The predicted octanol–water partition coefficient (Wildman–Crippen LogP) is 4.56. The molecule has 1 saturated heterocycles. The van der Waals surface area contributed by atoms with Gasteiger partial charge in [-0.15, -0.1) is 0 Å². The van der Waals surface area contributed by atoms with Crippen molar-refractivity contribution in [2.45, 2.75) is 31.6 Å². The first-order chi connectivity index (χ1) is 16.0. The summed E-state index contributed by atoms with van der Waals surface area (Å²) < 4.78 is 0. The molecule has 2 N–H and O–H groups in total. The Labute approximate surface area is 192 Å². The Morgan fingerprint density at radius 2 is 1.67 bits per heavy atom. The molecule has 4 rings (SSSR count). The second-order valence-corrected chi connectivity index (χ2v) is 8.05. The van der Waals surface area contributed by atoms with Crippen molar-refractivity contribution in [3.05, 3.63) is 89.5 Å². The number of carbonyl (C=O) groups is 3. The van der Waals surface area contributed by atoms with Crippen molar-refractivity contribution in [3.63, 3.8) is 0 Å². The van der Waals surface area contributed by atoms with Crippen LogP contribution in [0.5, 0.6) is 0 Å². The summed E-state index contributed by atoms with van der Waals surface area (Å²) in [5, 5.41) is 14.8. The minimum Gasteiger partial charge on any atom is -0.322 e. The first-order valence-electron chi connectivity index (χ1n) is 10.8. The molecule has 0 aromatic heterocycles. The quantitative estimate of drug-likeness (QED) is 0.572. The fourth-order valence-corrected chi connectivity index (χ4v) is 4.37. The van der Waals surface area contributed by atoms with Gasteiger partial charge in [-0.3, -0.25) is 19.7 Å². The number of imide groups is 1. The van der Waals surface area contributed by atoms with Crippen LogP contribution in [-0.4, -0.2) is 17.7 Å². The van der Waals surface area contributed by atoms with E-state index >= 15 is 0 Å². The lowest BCUT2D eigenvalue weighted by Crippen LogP contribution is -2.51. The summed E-state index contributed by atoms with van der Waals surface area (Å²) in [5.74, 6) is -0.815. The third-order valence-electron chi connectivity index (χ3n) is 6.27. The highest BCUT2D eigenvalue weighted by atomic mass is 16.2. The average Bonchev–Trinajstić information content (AvgIpc) is 2.85. The largest absolute Gasteiger partial charge is 0.322 e. The number of amides is 3. The predicted molar refractivity (Wildman–Crippen MR) is 125 cm³/mol. The summed E-state index contributed by atoms with van der Waals surface area (Å²) in [5.41, 5.74) is 2.99. The minimum absolute atomic E-state index is 0.246. The van der Waals surface area contributed by atoms with Crippen LogP contribution in [0, 0.1) is 11.3 Å². The molecular weight excluding hydrogens is 414 g/mol. The van der Waals surface area contributed by atoms with Crippen LogP contribution < -0.4 is 10.6 Å². The molecule has 1 fully saturated rings. The van der Waals surface area contributed by atoms with Gasteiger partial charge < -0.3 is 5.32 Å². The Hall–Kier alpha value is -4.24. The zero-order valence-corrected chi connectivity index (χ0v) is 18.2.